The summed E-state index contributed by atoms with van der Waals surface area (Å²) in [6.45, 7) is 3.69. The van der Waals surface area contributed by atoms with Crippen molar-refractivity contribution in [1.29, 1.82) is 0 Å². The predicted molar refractivity (Wildman–Crippen MR) is 121 cm³/mol. The Bertz CT molecular complexity index is 410. The van der Waals surface area contributed by atoms with E-state index in [2.05, 4.69) is 24.4 Å². The summed E-state index contributed by atoms with van der Waals surface area (Å²) in [7, 11) is 0. The van der Waals surface area contributed by atoms with E-state index in [9.17, 15) is 15.0 Å². The van der Waals surface area contributed by atoms with Gasteiger partial charge in [-0.1, -0.05) is 76.9 Å². The SMILES string of the molecule is CCCCCCCCC=CCCCCCCCCNC(=O)C(C)(O)CC(O)CO. The minimum Gasteiger partial charge on any atom is -0.394 e. The lowest BCUT2D eigenvalue weighted by Gasteiger charge is -2.24. The molecule has 0 fully saturated rings. The molecule has 0 spiro atoms. The van der Waals surface area contributed by atoms with E-state index < -0.39 is 24.2 Å². The standard InChI is InChI=1S/C24H47NO4/c1-3-4-5-6-7-8-9-10-11-12-13-14-15-16-17-18-19-25-23(28)24(2,29)20-22(27)21-26/h10-11,22,26-27,29H,3-9,12-21H2,1-2H3,(H,25,28). The van der Waals surface area contributed by atoms with Crippen LogP contribution in [0.1, 0.15) is 110 Å². The highest BCUT2D eigenvalue weighted by Gasteiger charge is 2.32. The first kappa shape index (κ1) is 28.1. The number of carbonyl (C=O) groups is 1. The molecule has 0 aromatic heterocycles. The second kappa shape index (κ2) is 19.1. The maximum atomic E-state index is 11.9. The van der Waals surface area contributed by atoms with E-state index in [0.717, 1.165) is 19.3 Å². The van der Waals surface area contributed by atoms with Crippen LogP contribution in [-0.4, -0.2) is 46.1 Å². The predicted octanol–water partition coefficient (Wildman–Crippen LogP) is 4.63. The van der Waals surface area contributed by atoms with Gasteiger partial charge >= 0.3 is 0 Å². The average Bonchev–Trinajstić information content (AvgIpc) is 2.69. The van der Waals surface area contributed by atoms with Gasteiger partial charge in [-0.15, -0.1) is 0 Å². The minimum atomic E-state index is -1.65. The summed E-state index contributed by atoms with van der Waals surface area (Å²) >= 11 is 0. The molecule has 0 aliphatic heterocycles. The van der Waals surface area contributed by atoms with Crippen molar-refractivity contribution in [2.75, 3.05) is 13.2 Å². The van der Waals surface area contributed by atoms with Gasteiger partial charge in [-0.25, -0.2) is 0 Å². The van der Waals surface area contributed by atoms with E-state index >= 15 is 0 Å². The highest BCUT2D eigenvalue weighted by atomic mass is 16.3. The number of amides is 1. The van der Waals surface area contributed by atoms with Crippen molar-refractivity contribution in [2.45, 2.75) is 122 Å². The molecule has 5 nitrogen and oxygen atoms in total. The summed E-state index contributed by atoms with van der Waals surface area (Å²) in [5.41, 5.74) is -1.65. The molecule has 0 saturated carbocycles. The second-order valence-corrected chi connectivity index (χ2v) is 8.51. The largest absolute Gasteiger partial charge is 0.394 e. The molecule has 0 bridgehead atoms. The third-order valence-electron chi connectivity index (χ3n) is 5.31. The molecular formula is C24H47NO4. The Labute approximate surface area is 179 Å². The molecule has 0 saturated heterocycles. The van der Waals surface area contributed by atoms with Gasteiger partial charge in [0.2, 0.25) is 0 Å². The van der Waals surface area contributed by atoms with Gasteiger partial charge in [0.1, 0.15) is 5.60 Å². The lowest BCUT2D eigenvalue weighted by molar-refractivity contribution is -0.141. The summed E-state index contributed by atoms with van der Waals surface area (Å²) in [5.74, 6) is -0.488. The first-order valence-corrected chi connectivity index (χ1v) is 11.9. The van der Waals surface area contributed by atoms with E-state index in [0.29, 0.717) is 6.54 Å². The van der Waals surface area contributed by atoms with E-state index in [1.54, 1.807) is 0 Å². The van der Waals surface area contributed by atoms with Crippen molar-refractivity contribution in [3.05, 3.63) is 12.2 Å². The number of allylic oxidation sites excluding steroid dienone is 2. The van der Waals surface area contributed by atoms with Gasteiger partial charge < -0.3 is 20.6 Å². The van der Waals surface area contributed by atoms with Crippen molar-refractivity contribution < 1.29 is 20.1 Å². The lowest BCUT2D eigenvalue weighted by Crippen LogP contribution is -2.47. The van der Waals surface area contributed by atoms with Crippen LogP contribution < -0.4 is 5.32 Å². The minimum absolute atomic E-state index is 0.164. The molecule has 172 valence electrons. The number of rotatable bonds is 20. The molecule has 0 aromatic carbocycles. The van der Waals surface area contributed by atoms with Gasteiger partial charge in [-0.3, -0.25) is 4.79 Å². The maximum absolute atomic E-state index is 11.9. The van der Waals surface area contributed by atoms with Crippen molar-refractivity contribution >= 4 is 5.91 Å². The summed E-state index contributed by atoms with van der Waals surface area (Å²) in [4.78, 5) is 11.9. The van der Waals surface area contributed by atoms with Gasteiger partial charge in [0.05, 0.1) is 12.7 Å². The Morgan fingerprint density at radius 3 is 1.90 bits per heavy atom. The summed E-state index contributed by atoms with van der Waals surface area (Å²) in [6, 6.07) is 0. The average molecular weight is 414 g/mol. The highest BCUT2D eigenvalue weighted by molar-refractivity contribution is 5.84. The van der Waals surface area contributed by atoms with E-state index in [1.165, 1.54) is 77.6 Å². The van der Waals surface area contributed by atoms with E-state index in [1.807, 2.05) is 0 Å². The Morgan fingerprint density at radius 2 is 1.38 bits per heavy atom. The highest BCUT2D eigenvalue weighted by Crippen LogP contribution is 2.13. The fourth-order valence-electron chi connectivity index (χ4n) is 3.38. The topological polar surface area (TPSA) is 89.8 Å². The van der Waals surface area contributed by atoms with Crippen molar-refractivity contribution in [3.63, 3.8) is 0 Å². The van der Waals surface area contributed by atoms with Gasteiger partial charge in [0, 0.05) is 13.0 Å². The monoisotopic (exact) mass is 413 g/mol. The zero-order chi connectivity index (χ0) is 21.8. The first-order chi connectivity index (χ1) is 13.9. The molecular weight excluding hydrogens is 366 g/mol. The number of aliphatic hydroxyl groups is 3. The summed E-state index contributed by atoms with van der Waals surface area (Å²) in [5, 5.41) is 30.9. The van der Waals surface area contributed by atoms with Crippen LogP contribution in [0.15, 0.2) is 12.2 Å². The molecule has 0 radical (unpaired) electrons. The van der Waals surface area contributed by atoms with Crippen LogP contribution in [-0.2, 0) is 4.79 Å². The van der Waals surface area contributed by atoms with Crippen molar-refractivity contribution in [3.8, 4) is 0 Å². The van der Waals surface area contributed by atoms with Gasteiger partial charge in [0.15, 0.2) is 0 Å². The normalized spacial score (nSPS) is 14.8. The van der Waals surface area contributed by atoms with Crippen molar-refractivity contribution in [2.24, 2.45) is 0 Å². The number of unbranched alkanes of at least 4 members (excludes halogenated alkanes) is 12. The smallest absolute Gasteiger partial charge is 0.251 e. The fraction of sp³-hybridized carbons (Fsp3) is 0.875. The van der Waals surface area contributed by atoms with Crippen LogP contribution in [0.2, 0.25) is 0 Å². The van der Waals surface area contributed by atoms with E-state index in [4.69, 9.17) is 5.11 Å². The van der Waals surface area contributed by atoms with Crippen molar-refractivity contribution in [1.82, 2.24) is 5.32 Å². The zero-order valence-corrected chi connectivity index (χ0v) is 19.0. The van der Waals surface area contributed by atoms with Crippen LogP contribution in [0.25, 0.3) is 0 Å². The summed E-state index contributed by atoms with van der Waals surface area (Å²) < 4.78 is 0. The number of aliphatic hydroxyl groups excluding tert-OH is 2. The van der Waals surface area contributed by atoms with Gasteiger partial charge in [-0.2, -0.15) is 0 Å². The Hall–Kier alpha value is -0.910. The van der Waals surface area contributed by atoms with Crippen LogP contribution in [0, 0.1) is 0 Å². The molecule has 0 heterocycles. The molecule has 0 aliphatic carbocycles. The van der Waals surface area contributed by atoms with Crippen LogP contribution in [0.5, 0.6) is 0 Å². The Morgan fingerprint density at radius 1 is 0.897 bits per heavy atom. The molecule has 29 heavy (non-hydrogen) atoms. The molecule has 5 heteroatoms. The lowest BCUT2D eigenvalue weighted by atomic mass is 9.97. The Balaban J connectivity index is 3.43. The van der Waals surface area contributed by atoms with Crippen LogP contribution in [0.3, 0.4) is 0 Å². The molecule has 2 unspecified atom stereocenters. The maximum Gasteiger partial charge on any atom is 0.251 e. The van der Waals surface area contributed by atoms with Crippen LogP contribution in [0.4, 0.5) is 0 Å². The molecule has 1 amide bonds. The number of nitrogens with one attached hydrogen (secondary N) is 1. The van der Waals surface area contributed by atoms with Gasteiger partial charge in [0.25, 0.3) is 5.91 Å². The molecule has 0 aliphatic rings. The number of hydrogen-bond donors (Lipinski definition) is 4. The molecule has 2 atom stereocenters. The quantitative estimate of drug-likeness (QED) is 0.173. The first-order valence-electron chi connectivity index (χ1n) is 11.9. The fourth-order valence-corrected chi connectivity index (χ4v) is 3.38. The number of hydrogen-bond acceptors (Lipinski definition) is 4. The Kier molecular flexibility index (Phi) is 18.5. The third-order valence-corrected chi connectivity index (χ3v) is 5.31. The molecule has 4 N–H and O–H groups in total. The second-order valence-electron chi connectivity index (χ2n) is 8.51. The zero-order valence-electron chi connectivity index (χ0n) is 19.0. The molecule has 0 aromatic rings. The van der Waals surface area contributed by atoms with Gasteiger partial charge in [-0.05, 0) is 39.0 Å². The third kappa shape index (κ3) is 17.6. The van der Waals surface area contributed by atoms with E-state index in [-0.39, 0.29) is 6.42 Å². The number of carbonyl (C=O) groups excluding carboxylic acids is 1. The summed E-state index contributed by atoms with van der Waals surface area (Å²) in [6.07, 6.45) is 20.9. The molecule has 0 rings (SSSR count). The van der Waals surface area contributed by atoms with Crippen LogP contribution >= 0.6 is 0 Å².